The van der Waals surface area contributed by atoms with Crippen LogP contribution in [0.1, 0.15) is 29.8 Å². The van der Waals surface area contributed by atoms with Crippen molar-refractivity contribution < 1.29 is 4.39 Å². The zero-order chi connectivity index (χ0) is 13.7. The van der Waals surface area contributed by atoms with Crippen LogP contribution < -0.4 is 11.3 Å². The summed E-state index contributed by atoms with van der Waals surface area (Å²) in [5, 5.41) is 0. The molecule has 2 aromatic heterocycles. The van der Waals surface area contributed by atoms with Gasteiger partial charge in [0.15, 0.2) is 0 Å². The molecule has 5 heteroatoms. The molecule has 0 radical (unpaired) electrons. The van der Waals surface area contributed by atoms with Crippen LogP contribution >= 0.6 is 0 Å². The van der Waals surface area contributed by atoms with Gasteiger partial charge in [-0.2, -0.15) is 0 Å². The molecule has 0 saturated carbocycles. The number of nitrogens with two attached hydrogens (primary N) is 1. The fourth-order valence-electron chi connectivity index (χ4n) is 1.92. The average molecular weight is 260 g/mol. The predicted octanol–water partition coefficient (Wildman–Crippen LogP) is 1.93. The number of nitrogens with one attached hydrogen (secondary N) is 1. The second-order valence-corrected chi connectivity index (χ2v) is 4.33. The molecular formula is C14H17FN4. The van der Waals surface area contributed by atoms with Crippen LogP contribution in [0.3, 0.4) is 0 Å². The minimum atomic E-state index is -0.365. The van der Waals surface area contributed by atoms with Gasteiger partial charge in [-0.1, -0.05) is 13.0 Å². The summed E-state index contributed by atoms with van der Waals surface area (Å²) in [6.45, 7) is 2.08. The Morgan fingerprint density at radius 1 is 1.32 bits per heavy atom. The van der Waals surface area contributed by atoms with Crippen LogP contribution in [0.4, 0.5) is 4.39 Å². The Morgan fingerprint density at radius 3 is 2.74 bits per heavy atom. The summed E-state index contributed by atoms with van der Waals surface area (Å²) < 4.78 is 13.7. The van der Waals surface area contributed by atoms with Gasteiger partial charge in [-0.15, -0.1) is 0 Å². The normalized spacial score (nSPS) is 12.4. The predicted molar refractivity (Wildman–Crippen MR) is 71.6 cm³/mol. The van der Waals surface area contributed by atoms with Gasteiger partial charge in [-0.3, -0.25) is 21.2 Å². The Hall–Kier alpha value is -1.85. The lowest BCUT2D eigenvalue weighted by molar-refractivity contribution is 0.504. The van der Waals surface area contributed by atoms with E-state index in [4.69, 9.17) is 5.84 Å². The van der Waals surface area contributed by atoms with Crippen molar-refractivity contribution in [1.29, 1.82) is 0 Å². The van der Waals surface area contributed by atoms with Crippen LogP contribution in [0.5, 0.6) is 0 Å². The van der Waals surface area contributed by atoms with Gasteiger partial charge in [0.1, 0.15) is 5.82 Å². The molecule has 0 amide bonds. The first kappa shape index (κ1) is 13.6. The minimum absolute atomic E-state index is 0.317. The molecule has 19 heavy (non-hydrogen) atoms. The maximum atomic E-state index is 13.7. The second-order valence-electron chi connectivity index (χ2n) is 4.33. The Bertz CT molecular complexity index is 527. The molecule has 2 aromatic rings. The zero-order valence-electron chi connectivity index (χ0n) is 10.8. The van der Waals surface area contributed by atoms with E-state index in [1.54, 1.807) is 12.3 Å². The number of halogens is 1. The SMILES string of the molecule is CCc1ccc(CC(NN)c2ccncc2F)nc1. The summed E-state index contributed by atoms with van der Waals surface area (Å²) in [5.74, 6) is 5.15. The molecule has 2 heterocycles. The largest absolute Gasteiger partial charge is 0.271 e. The average Bonchev–Trinajstić information content (AvgIpc) is 2.46. The van der Waals surface area contributed by atoms with E-state index < -0.39 is 0 Å². The molecule has 1 unspecified atom stereocenters. The molecule has 0 saturated heterocycles. The van der Waals surface area contributed by atoms with Gasteiger partial charge in [-0.25, -0.2) is 4.39 Å². The summed E-state index contributed by atoms with van der Waals surface area (Å²) in [6, 6.07) is 5.28. The summed E-state index contributed by atoms with van der Waals surface area (Å²) in [6.07, 6.45) is 6.06. The Kier molecular flexibility index (Phi) is 4.54. The van der Waals surface area contributed by atoms with Crippen LogP contribution in [0, 0.1) is 5.82 Å². The number of hydrogen-bond acceptors (Lipinski definition) is 4. The summed E-state index contributed by atoms with van der Waals surface area (Å²) >= 11 is 0. The van der Waals surface area contributed by atoms with Crippen LogP contribution in [0.15, 0.2) is 36.8 Å². The first-order valence-electron chi connectivity index (χ1n) is 6.24. The molecule has 0 aliphatic heterocycles. The molecule has 0 aromatic carbocycles. The Balaban J connectivity index is 2.17. The lowest BCUT2D eigenvalue weighted by Crippen LogP contribution is -2.30. The van der Waals surface area contributed by atoms with Crippen molar-refractivity contribution in [2.24, 2.45) is 5.84 Å². The van der Waals surface area contributed by atoms with E-state index in [9.17, 15) is 4.39 Å². The molecule has 0 spiro atoms. The van der Waals surface area contributed by atoms with E-state index in [0.717, 1.165) is 12.1 Å². The second kappa shape index (κ2) is 6.36. The first-order valence-corrected chi connectivity index (χ1v) is 6.24. The number of nitrogens with zero attached hydrogens (tertiary/aromatic N) is 2. The smallest absolute Gasteiger partial charge is 0.146 e. The number of aromatic nitrogens is 2. The van der Waals surface area contributed by atoms with Crippen molar-refractivity contribution in [3.8, 4) is 0 Å². The van der Waals surface area contributed by atoms with Crippen molar-refractivity contribution >= 4 is 0 Å². The third kappa shape index (κ3) is 3.33. The van der Waals surface area contributed by atoms with E-state index >= 15 is 0 Å². The minimum Gasteiger partial charge on any atom is -0.271 e. The van der Waals surface area contributed by atoms with Crippen LogP contribution in [-0.4, -0.2) is 9.97 Å². The lowest BCUT2D eigenvalue weighted by Gasteiger charge is -2.16. The number of hydrazine groups is 1. The van der Waals surface area contributed by atoms with Crippen molar-refractivity contribution in [1.82, 2.24) is 15.4 Å². The highest BCUT2D eigenvalue weighted by atomic mass is 19.1. The van der Waals surface area contributed by atoms with E-state index in [1.165, 1.54) is 11.8 Å². The molecule has 0 aliphatic rings. The van der Waals surface area contributed by atoms with E-state index in [0.29, 0.717) is 12.0 Å². The molecule has 1 atom stereocenters. The number of hydrogen-bond donors (Lipinski definition) is 2. The number of pyridine rings is 2. The fourth-order valence-corrected chi connectivity index (χ4v) is 1.92. The van der Waals surface area contributed by atoms with Gasteiger partial charge in [0.2, 0.25) is 0 Å². The van der Waals surface area contributed by atoms with Crippen molar-refractivity contribution in [3.05, 3.63) is 59.4 Å². The fraction of sp³-hybridized carbons (Fsp3) is 0.286. The Morgan fingerprint density at radius 2 is 2.16 bits per heavy atom. The third-order valence-electron chi connectivity index (χ3n) is 3.09. The standard InChI is InChI=1S/C14H17FN4/c1-2-10-3-4-11(18-8-10)7-14(19-16)12-5-6-17-9-13(12)15/h3-6,8-9,14,19H,2,7,16H2,1H3. The van der Waals surface area contributed by atoms with E-state index in [1.807, 2.05) is 18.3 Å². The lowest BCUT2D eigenvalue weighted by atomic mass is 10.0. The van der Waals surface area contributed by atoms with Crippen LogP contribution in [0.2, 0.25) is 0 Å². The first-order chi connectivity index (χ1) is 9.24. The molecule has 3 N–H and O–H groups in total. The highest BCUT2D eigenvalue weighted by molar-refractivity contribution is 5.21. The molecule has 100 valence electrons. The van der Waals surface area contributed by atoms with Gasteiger partial charge in [-0.05, 0) is 24.1 Å². The highest BCUT2D eigenvalue weighted by Crippen LogP contribution is 2.19. The molecular weight excluding hydrogens is 243 g/mol. The molecule has 0 aliphatic carbocycles. The Labute approximate surface area is 111 Å². The number of rotatable bonds is 5. The van der Waals surface area contributed by atoms with E-state index in [-0.39, 0.29) is 11.9 Å². The maximum Gasteiger partial charge on any atom is 0.146 e. The maximum absolute atomic E-state index is 13.7. The van der Waals surface area contributed by atoms with Crippen molar-refractivity contribution in [3.63, 3.8) is 0 Å². The number of aryl methyl sites for hydroxylation is 1. The van der Waals surface area contributed by atoms with Gasteiger partial charge >= 0.3 is 0 Å². The highest BCUT2D eigenvalue weighted by Gasteiger charge is 2.15. The van der Waals surface area contributed by atoms with Gasteiger partial charge < -0.3 is 0 Å². The van der Waals surface area contributed by atoms with Crippen molar-refractivity contribution in [2.45, 2.75) is 25.8 Å². The molecule has 0 bridgehead atoms. The third-order valence-corrected chi connectivity index (χ3v) is 3.09. The summed E-state index contributed by atoms with van der Waals surface area (Å²) in [5.41, 5.74) is 5.18. The quantitative estimate of drug-likeness (QED) is 0.637. The van der Waals surface area contributed by atoms with Gasteiger partial charge in [0.05, 0.1) is 12.2 Å². The summed E-state index contributed by atoms with van der Waals surface area (Å²) in [7, 11) is 0. The van der Waals surface area contributed by atoms with Crippen molar-refractivity contribution in [2.75, 3.05) is 0 Å². The van der Waals surface area contributed by atoms with Crippen LogP contribution in [-0.2, 0) is 12.8 Å². The molecule has 4 nitrogen and oxygen atoms in total. The molecule has 2 rings (SSSR count). The van der Waals surface area contributed by atoms with E-state index in [2.05, 4.69) is 22.3 Å². The zero-order valence-corrected chi connectivity index (χ0v) is 10.8. The summed E-state index contributed by atoms with van der Waals surface area (Å²) in [4.78, 5) is 8.09. The topological polar surface area (TPSA) is 63.8 Å². The van der Waals surface area contributed by atoms with Crippen LogP contribution in [0.25, 0.3) is 0 Å². The van der Waals surface area contributed by atoms with Gasteiger partial charge in [0.25, 0.3) is 0 Å². The monoisotopic (exact) mass is 260 g/mol. The van der Waals surface area contributed by atoms with Gasteiger partial charge in [0, 0.05) is 30.1 Å². The molecule has 0 fully saturated rings.